The lowest BCUT2D eigenvalue weighted by molar-refractivity contribution is -0.144. The van der Waals surface area contributed by atoms with Crippen molar-refractivity contribution in [2.24, 2.45) is 0 Å². The first-order chi connectivity index (χ1) is 13.0. The molecule has 0 N–H and O–H groups in total. The molecule has 0 radical (unpaired) electrons. The lowest BCUT2D eigenvalue weighted by atomic mass is 10.1. The molecular formula is C17H21N3O5S2. The molecule has 2 aromatic rings. The molecule has 146 valence electrons. The first kappa shape index (κ1) is 19.7. The molecule has 0 atom stereocenters. The summed E-state index contributed by atoms with van der Waals surface area (Å²) in [7, 11) is 0. The van der Waals surface area contributed by atoms with Gasteiger partial charge in [-0.05, 0) is 32.1 Å². The molecule has 2 aromatic heterocycles. The van der Waals surface area contributed by atoms with Crippen molar-refractivity contribution < 1.29 is 19.1 Å². The minimum Gasteiger partial charge on any atom is -0.465 e. The van der Waals surface area contributed by atoms with Gasteiger partial charge in [-0.15, -0.1) is 11.3 Å². The topological polar surface area (TPSA) is 90.7 Å². The Morgan fingerprint density at radius 3 is 2.67 bits per heavy atom. The molecule has 10 heteroatoms. The van der Waals surface area contributed by atoms with Gasteiger partial charge in [0.2, 0.25) is 0 Å². The number of fused-ring (bicyclic) bond motifs is 3. The fourth-order valence-electron chi connectivity index (χ4n) is 3.06. The van der Waals surface area contributed by atoms with Gasteiger partial charge in [-0.3, -0.25) is 14.2 Å². The Morgan fingerprint density at radius 1 is 1.26 bits per heavy atom. The summed E-state index contributed by atoms with van der Waals surface area (Å²) in [6, 6.07) is 0. The molecule has 1 aliphatic rings. The molecule has 3 heterocycles. The Labute approximate surface area is 164 Å². The molecule has 0 saturated carbocycles. The van der Waals surface area contributed by atoms with Gasteiger partial charge in [-0.2, -0.15) is 0 Å². The smallest absolute Gasteiger partial charge is 0.410 e. The van der Waals surface area contributed by atoms with Crippen molar-refractivity contribution in [1.29, 1.82) is 0 Å². The molecule has 8 nitrogen and oxygen atoms in total. The number of ether oxygens (including phenoxy) is 2. The van der Waals surface area contributed by atoms with Crippen LogP contribution in [-0.2, 0) is 33.8 Å². The highest BCUT2D eigenvalue weighted by Crippen LogP contribution is 2.33. The van der Waals surface area contributed by atoms with Crippen molar-refractivity contribution in [1.82, 2.24) is 14.5 Å². The SMILES string of the molecule is CCOC(=O)Cn1c(SC)nc2sc3c(c2c1=O)CCN(C(=O)OCC)C3. The number of carbonyl (C=O) groups excluding carboxylic acids is 2. The second-order valence-corrected chi connectivity index (χ2v) is 7.71. The van der Waals surface area contributed by atoms with Gasteiger partial charge in [0.1, 0.15) is 11.4 Å². The normalized spacial score (nSPS) is 13.5. The van der Waals surface area contributed by atoms with Crippen LogP contribution in [0.2, 0.25) is 0 Å². The van der Waals surface area contributed by atoms with Crippen LogP contribution in [0, 0.1) is 0 Å². The minimum absolute atomic E-state index is 0.161. The van der Waals surface area contributed by atoms with Crippen molar-refractivity contribution in [3.63, 3.8) is 0 Å². The van der Waals surface area contributed by atoms with E-state index >= 15 is 0 Å². The predicted octanol–water partition coefficient (Wildman–Crippen LogP) is 2.26. The first-order valence-electron chi connectivity index (χ1n) is 8.66. The van der Waals surface area contributed by atoms with Crippen molar-refractivity contribution >= 4 is 45.4 Å². The van der Waals surface area contributed by atoms with Crippen LogP contribution in [0.5, 0.6) is 0 Å². The highest BCUT2D eigenvalue weighted by Gasteiger charge is 2.28. The van der Waals surface area contributed by atoms with Crippen LogP contribution in [0.15, 0.2) is 9.95 Å². The zero-order valence-electron chi connectivity index (χ0n) is 15.4. The summed E-state index contributed by atoms with van der Waals surface area (Å²) in [4.78, 5) is 44.8. The highest BCUT2D eigenvalue weighted by molar-refractivity contribution is 7.98. The highest BCUT2D eigenvalue weighted by atomic mass is 32.2. The number of aromatic nitrogens is 2. The number of rotatable bonds is 5. The molecule has 0 fully saturated rings. The zero-order valence-corrected chi connectivity index (χ0v) is 17.1. The number of esters is 1. The number of carbonyl (C=O) groups is 2. The maximum Gasteiger partial charge on any atom is 0.410 e. The zero-order chi connectivity index (χ0) is 19.6. The summed E-state index contributed by atoms with van der Waals surface area (Å²) in [5.41, 5.74) is 0.679. The lowest BCUT2D eigenvalue weighted by Crippen LogP contribution is -2.36. The Morgan fingerprint density at radius 2 is 2.00 bits per heavy atom. The maximum absolute atomic E-state index is 13.1. The van der Waals surface area contributed by atoms with E-state index in [0.717, 1.165) is 10.4 Å². The number of nitrogens with zero attached hydrogens (tertiary/aromatic N) is 3. The summed E-state index contributed by atoms with van der Waals surface area (Å²) in [5.74, 6) is -0.464. The number of amides is 1. The maximum atomic E-state index is 13.1. The van der Waals surface area contributed by atoms with Crippen molar-refractivity contribution in [3.05, 3.63) is 20.8 Å². The van der Waals surface area contributed by atoms with Gasteiger partial charge >= 0.3 is 12.1 Å². The van der Waals surface area contributed by atoms with Crippen LogP contribution in [0.3, 0.4) is 0 Å². The monoisotopic (exact) mass is 411 g/mol. The number of thiophene rings is 1. The van der Waals surface area contributed by atoms with Crippen LogP contribution in [0.4, 0.5) is 4.79 Å². The number of thioether (sulfide) groups is 1. The Balaban J connectivity index is 2.02. The van der Waals surface area contributed by atoms with E-state index in [9.17, 15) is 14.4 Å². The second kappa shape index (κ2) is 8.30. The summed E-state index contributed by atoms with van der Waals surface area (Å²) in [6.45, 7) is 4.81. The van der Waals surface area contributed by atoms with Crippen LogP contribution < -0.4 is 5.56 Å². The molecule has 0 unspecified atom stereocenters. The molecule has 0 bridgehead atoms. The van der Waals surface area contributed by atoms with E-state index in [2.05, 4.69) is 4.98 Å². The van der Waals surface area contributed by atoms with Crippen molar-refractivity contribution in [3.8, 4) is 0 Å². The minimum atomic E-state index is -0.464. The molecule has 1 aliphatic heterocycles. The quantitative estimate of drug-likeness (QED) is 0.423. The lowest BCUT2D eigenvalue weighted by Gasteiger charge is -2.25. The third kappa shape index (κ3) is 3.81. The molecule has 0 aliphatic carbocycles. The molecule has 0 aromatic carbocycles. The van der Waals surface area contributed by atoms with Crippen LogP contribution in [0.1, 0.15) is 24.3 Å². The van der Waals surface area contributed by atoms with Crippen molar-refractivity contribution in [2.45, 2.75) is 38.5 Å². The average molecular weight is 412 g/mol. The molecule has 0 spiro atoms. The van der Waals surface area contributed by atoms with E-state index in [1.54, 1.807) is 18.7 Å². The average Bonchev–Trinajstić information content (AvgIpc) is 3.01. The Hall–Kier alpha value is -2.07. The molecule has 1 amide bonds. The number of hydrogen-bond acceptors (Lipinski definition) is 8. The van der Waals surface area contributed by atoms with E-state index in [1.807, 2.05) is 6.26 Å². The third-order valence-corrected chi connectivity index (χ3v) is 6.01. The van der Waals surface area contributed by atoms with E-state index in [-0.39, 0.29) is 24.8 Å². The molecular weight excluding hydrogens is 390 g/mol. The standard InChI is InChI=1S/C17H21N3O5S2/c1-4-24-12(21)9-20-15(22)13-10-6-7-19(17(23)25-5-2)8-11(10)27-14(13)18-16(20)26-3/h4-9H2,1-3H3. The van der Waals surface area contributed by atoms with Crippen molar-refractivity contribution in [2.75, 3.05) is 26.0 Å². The molecule has 0 saturated heterocycles. The van der Waals surface area contributed by atoms with Gasteiger partial charge in [-0.25, -0.2) is 9.78 Å². The summed E-state index contributed by atoms with van der Waals surface area (Å²) in [6.07, 6.45) is 2.02. The van der Waals surface area contributed by atoms with Crippen LogP contribution in [0.25, 0.3) is 10.2 Å². The van der Waals surface area contributed by atoms with Crippen LogP contribution >= 0.6 is 23.1 Å². The number of hydrogen-bond donors (Lipinski definition) is 0. The van der Waals surface area contributed by atoms with Gasteiger partial charge in [0.15, 0.2) is 5.16 Å². The first-order valence-corrected chi connectivity index (χ1v) is 10.7. The third-order valence-electron chi connectivity index (χ3n) is 4.23. The Kier molecular flexibility index (Phi) is 6.05. The molecule has 3 rings (SSSR count). The fourth-order valence-corrected chi connectivity index (χ4v) is 4.89. The van der Waals surface area contributed by atoms with Gasteiger partial charge in [0.05, 0.1) is 25.1 Å². The molecule has 27 heavy (non-hydrogen) atoms. The van der Waals surface area contributed by atoms with Gasteiger partial charge in [0, 0.05) is 11.4 Å². The summed E-state index contributed by atoms with van der Waals surface area (Å²) in [5, 5.41) is 1.02. The summed E-state index contributed by atoms with van der Waals surface area (Å²) < 4.78 is 11.4. The van der Waals surface area contributed by atoms with E-state index in [1.165, 1.54) is 27.7 Å². The van der Waals surface area contributed by atoms with Crippen LogP contribution in [-0.4, -0.2) is 52.5 Å². The van der Waals surface area contributed by atoms with E-state index in [0.29, 0.717) is 41.5 Å². The van der Waals surface area contributed by atoms with Gasteiger partial charge in [0.25, 0.3) is 5.56 Å². The van der Waals surface area contributed by atoms with E-state index in [4.69, 9.17) is 9.47 Å². The summed E-state index contributed by atoms with van der Waals surface area (Å²) >= 11 is 2.73. The fraction of sp³-hybridized carbons (Fsp3) is 0.529. The largest absolute Gasteiger partial charge is 0.465 e. The second-order valence-electron chi connectivity index (χ2n) is 5.85. The predicted molar refractivity (Wildman–Crippen MR) is 103 cm³/mol. The van der Waals surface area contributed by atoms with E-state index < -0.39 is 5.97 Å². The Bertz CT molecular complexity index is 937. The van der Waals surface area contributed by atoms with Gasteiger partial charge in [-0.1, -0.05) is 11.8 Å². The van der Waals surface area contributed by atoms with Gasteiger partial charge < -0.3 is 14.4 Å².